The number of nitrogens with one attached hydrogen (secondary N) is 3. The van der Waals surface area contributed by atoms with Crippen LogP contribution in [0.3, 0.4) is 0 Å². The molecule has 4 N–H and O–H groups in total. The molecule has 0 saturated carbocycles. The van der Waals surface area contributed by atoms with E-state index in [0.29, 0.717) is 16.6 Å². The number of hydrogen-bond donors (Lipinski definition) is 4. The van der Waals surface area contributed by atoms with Gasteiger partial charge in [0.15, 0.2) is 0 Å². The Labute approximate surface area is 159 Å². The van der Waals surface area contributed by atoms with Gasteiger partial charge in [0.05, 0.1) is 0 Å². The van der Waals surface area contributed by atoms with E-state index in [-0.39, 0.29) is 17.7 Å². The van der Waals surface area contributed by atoms with Gasteiger partial charge in [0.1, 0.15) is 11.4 Å². The predicted molar refractivity (Wildman–Crippen MR) is 87.4 cm³/mol. The fourth-order valence-electron chi connectivity index (χ4n) is 2.47. The average Bonchev–Trinajstić information content (AvgIpc) is 3.21. The Bertz CT molecular complexity index is 872. The van der Waals surface area contributed by atoms with Crippen molar-refractivity contribution in [2.75, 3.05) is 13.1 Å². The van der Waals surface area contributed by atoms with Crippen LogP contribution in [-0.4, -0.2) is 53.6 Å². The number of amides is 1. The molecule has 7 nitrogen and oxygen atoms in total. The van der Waals surface area contributed by atoms with Crippen molar-refractivity contribution in [3.05, 3.63) is 30.0 Å². The normalized spacial score (nSPS) is 16.8. The van der Waals surface area contributed by atoms with E-state index in [2.05, 4.69) is 20.4 Å². The van der Waals surface area contributed by atoms with Gasteiger partial charge in [-0.25, -0.2) is 4.79 Å². The number of aliphatic carboxylic acids is 1. The van der Waals surface area contributed by atoms with Crippen LogP contribution in [0, 0.1) is 0 Å². The number of ether oxygens (including phenoxy) is 1. The van der Waals surface area contributed by atoms with Gasteiger partial charge in [-0.1, -0.05) is 0 Å². The molecular weight excluding hydrogens is 412 g/mol. The molecule has 1 aliphatic rings. The van der Waals surface area contributed by atoms with Crippen molar-refractivity contribution < 1.29 is 45.8 Å². The van der Waals surface area contributed by atoms with Gasteiger partial charge in [-0.05, 0) is 37.2 Å². The summed E-state index contributed by atoms with van der Waals surface area (Å²) in [4.78, 5) is 23.9. The number of carbonyl (C=O) groups excluding carboxylic acids is 1. The molecule has 3 rings (SSSR count). The Morgan fingerprint density at radius 2 is 1.79 bits per heavy atom. The highest BCUT2D eigenvalue weighted by atomic mass is 19.4. The molecule has 160 valence electrons. The Morgan fingerprint density at radius 1 is 1.14 bits per heavy atom. The van der Waals surface area contributed by atoms with Crippen molar-refractivity contribution in [1.82, 2.24) is 15.6 Å². The minimum Gasteiger partial charge on any atom is -0.475 e. The van der Waals surface area contributed by atoms with Gasteiger partial charge >= 0.3 is 18.5 Å². The minimum absolute atomic E-state index is 0.0723. The highest BCUT2D eigenvalue weighted by molar-refractivity contribution is 5.98. The van der Waals surface area contributed by atoms with Gasteiger partial charge in [0.2, 0.25) is 0 Å². The molecule has 2 aromatic rings. The van der Waals surface area contributed by atoms with Crippen LogP contribution in [-0.2, 0) is 4.79 Å². The number of alkyl halides is 6. The summed E-state index contributed by atoms with van der Waals surface area (Å²) in [6.07, 6.45) is -8.96. The number of carboxylic acids is 1. The smallest absolute Gasteiger partial charge is 0.475 e. The summed E-state index contributed by atoms with van der Waals surface area (Å²) in [5, 5.41) is 13.6. The molecular formula is C16H15F6N3O4. The number of carboxylic acid groups (broad SMARTS) is 1. The van der Waals surface area contributed by atoms with Crippen molar-refractivity contribution in [3.8, 4) is 5.75 Å². The SMILES string of the molecule is O=C(N[C@@H]1CCNC1)c1cc2cc(OC(F)(F)F)ccc2[nH]1.O=C(O)C(F)(F)F. The third kappa shape index (κ3) is 6.85. The van der Waals surface area contributed by atoms with Crippen LogP contribution < -0.4 is 15.4 Å². The monoisotopic (exact) mass is 427 g/mol. The maximum absolute atomic E-state index is 12.2. The third-order valence-electron chi connectivity index (χ3n) is 3.71. The number of rotatable bonds is 3. The van der Waals surface area contributed by atoms with Gasteiger partial charge in [-0.2, -0.15) is 13.2 Å². The maximum atomic E-state index is 12.2. The first kappa shape index (κ1) is 22.3. The molecule has 2 heterocycles. The number of carbonyl (C=O) groups is 2. The molecule has 1 aromatic carbocycles. The van der Waals surface area contributed by atoms with Crippen molar-refractivity contribution in [3.63, 3.8) is 0 Å². The second-order valence-corrected chi connectivity index (χ2v) is 5.95. The summed E-state index contributed by atoms with van der Waals surface area (Å²) in [5.41, 5.74) is 0.885. The van der Waals surface area contributed by atoms with Crippen LogP contribution in [0.2, 0.25) is 0 Å². The summed E-state index contributed by atoms with van der Waals surface area (Å²) >= 11 is 0. The summed E-state index contributed by atoms with van der Waals surface area (Å²) in [5.74, 6) is -3.35. The lowest BCUT2D eigenvalue weighted by Crippen LogP contribution is -2.36. The molecule has 0 spiro atoms. The van der Waals surface area contributed by atoms with Crippen LogP contribution in [0.15, 0.2) is 24.3 Å². The number of fused-ring (bicyclic) bond motifs is 1. The molecule has 0 radical (unpaired) electrons. The molecule has 29 heavy (non-hydrogen) atoms. The number of aromatic nitrogens is 1. The van der Waals surface area contributed by atoms with Gasteiger partial charge < -0.3 is 25.5 Å². The van der Waals surface area contributed by atoms with Crippen molar-refractivity contribution in [2.45, 2.75) is 25.0 Å². The minimum atomic E-state index is -5.08. The fraction of sp³-hybridized carbons (Fsp3) is 0.375. The second-order valence-electron chi connectivity index (χ2n) is 5.95. The third-order valence-corrected chi connectivity index (χ3v) is 3.71. The van der Waals surface area contributed by atoms with Gasteiger partial charge in [0.25, 0.3) is 5.91 Å². The Morgan fingerprint density at radius 3 is 2.31 bits per heavy atom. The van der Waals surface area contributed by atoms with Crippen LogP contribution in [0.4, 0.5) is 26.3 Å². The average molecular weight is 427 g/mol. The molecule has 0 unspecified atom stereocenters. The zero-order valence-corrected chi connectivity index (χ0v) is 14.4. The highest BCUT2D eigenvalue weighted by Crippen LogP contribution is 2.27. The molecule has 0 aliphatic carbocycles. The van der Waals surface area contributed by atoms with Crippen LogP contribution in [0.5, 0.6) is 5.75 Å². The first-order chi connectivity index (χ1) is 13.3. The van der Waals surface area contributed by atoms with E-state index in [1.165, 1.54) is 24.3 Å². The van der Waals surface area contributed by atoms with Gasteiger partial charge in [-0.3, -0.25) is 4.79 Å². The number of aromatic amines is 1. The first-order valence-electron chi connectivity index (χ1n) is 8.05. The zero-order valence-electron chi connectivity index (χ0n) is 14.4. The van der Waals surface area contributed by atoms with Crippen molar-refractivity contribution in [2.24, 2.45) is 0 Å². The van der Waals surface area contributed by atoms with Crippen LogP contribution in [0.1, 0.15) is 16.9 Å². The van der Waals surface area contributed by atoms with E-state index >= 15 is 0 Å². The Balaban J connectivity index is 0.000000370. The molecule has 1 aromatic heterocycles. The standard InChI is InChI=1S/C14H14F3N3O2.C2HF3O2/c15-14(16,17)22-10-1-2-11-8(5-10)6-12(20-11)13(21)19-9-3-4-18-7-9;3-2(4,5)1(6)7/h1-2,5-6,9,18,20H,3-4,7H2,(H,19,21);(H,6,7)/t9-;/m1./s1. The van der Waals surface area contributed by atoms with E-state index in [4.69, 9.17) is 9.90 Å². The lowest BCUT2D eigenvalue weighted by atomic mass is 10.2. The largest absolute Gasteiger partial charge is 0.573 e. The van der Waals surface area contributed by atoms with E-state index in [0.717, 1.165) is 19.5 Å². The van der Waals surface area contributed by atoms with Gasteiger partial charge in [-0.15, -0.1) is 13.2 Å². The summed E-state index contributed by atoms with van der Waals surface area (Å²) in [6, 6.07) is 5.48. The molecule has 1 fully saturated rings. The number of H-pyrrole nitrogens is 1. The van der Waals surface area contributed by atoms with E-state index < -0.39 is 18.5 Å². The Kier molecular flexibility index (Phi) is 6.62. The molecule has 1 amide bonds. The molecule has 0 bridgehead atoms. The van der Waals surface area contributed by atoms with E-state index in [1.54, 1.807) is 0 Å². The molecule has 1 saturated heterocycles. The first-order valence-corrected chi connectivity index (χ1v) is 8.05. The lowest BCUT2D eigenvalue weighted by molar-refractivity contribution is -0.274. The maximum Gasteiger partial charge on any atom is 0.573 e. The quantitative estimate of drug-likeness (QED) is 0.565. The predicted octanol–water partition coefficient (Wildman–Crippen LogP) is 2.79. The highest BCUT2D eigenvalue weighted by Gasteiger charge is 2.38. The zero-order chi connectivity index (χ0) is 21.8. The lowest BCUT2D eigenvalue weighted by Gasteiger charge is -2.09. The van der Waals surface area contributed by atoms with Crippen molar-refractivity contribution in [1.29, 1.82) is 0 Å². The summed E-state index contributed by atoms with van der Waals surface area (Å²) in [7, 11) is 0. The fourth-order valence-corrected chi connectivity index (χ4v) is 2.47. The second kappa shape index (κ2) is 8.59. The van der Waals surface area contributed by atoms with Gasteiger partial charge in [0, 0.05) is 23.5 Å². The van der Waals surface area contributed by atoms with E-state index in [1.807, 2.05) is 0 Å². The summed E-state index contributed by atoms with van der Waals surface area (Å²) in [6.45, 7) is 1.57. The topological polar surface area (TPSA) is 103 Å². The number of hydrogen-bond acceptors (Lipinski definition) is 4. The Hall–Kier alpha value is -2.96. The van der Waals surface area contributed by atoms with Crippen molar-refractivity contribution >= 4 is 22.8 Å². The van der Waals surface area contributed by atoms with Crippen LogP contribution in [0.25, 0.3) is 10.9 Å². The summed E-state index contributed by atoms with van der Waals surface area (Å²) < 4.78 is 72.2. The number of halogens is 6. The van der Waals surface area contributed by atoms with E-state index in [9.17, 15) is 31.1 Å². The number of benzene rings is 1. The van der Waals surface area contributed by atoms with Crippen LogP contribution >= 0.6 is 0 Å². The molecule has 1 aliphatic heterocycles. The molecule has 13 heteroatoms. The molecule has 1 atom stereocenters.